The summed E-state index contributed by atoms with van der Waals surface area (Å²) < 4.78 is 118. The van der Waals surface area contributed by atoms with E-state index in [-0.39, 0.29) is 74.3 Å². The Hall–Kier alpha value is -14.5. The molecule has 14 aromatic rings. The summed E-state index contributed by atoms with van der Waals surface area (Å²) in [4.78, 5) is 0. The molecule has 0 aliphatic heterocycles. The van der Waals surface area contributed by atoms with E-state index in [1.54, 1.807) is 145 Å². The maximum absolute atomic E-state index is 13.4. The lowest BCUT2D eigenvalue weighted by atomic mass is 10.1. The van der Waals surface area contributed by atoms with Crippen LogP contribution in [0.1, 0.15) is 122 Å². The van der Waals surface area contributed by atoms with E-state index in [0.29, 0.717) is 22.8 Å². The van der Waals surface area contributed by atoms with Crippen molar-refractivity contribution in [2.75, 3.05) is 35.5 Å². The fourth-order valence-electron chi connectivity index (χ4n) is 12.5. The van der Waals surface area contributed by atoms with Crippen molar-refractivity contribution in [3.05, 3.63) is 466 Å². The van der Waals surface area contributed by atoms with Gasteiger partial charge < -0.3 is 54.3 Å². The molecule has 0 radical (unpaired) electrons. The summed E-state index contributed by atoms with van der Waals surface area (Å²) in [5.74, 6) is 1.48. The Morgan fingerprint density at radius 1 is 0.209 bits per heavy atom. The van der Waals surface area contributed by atoms with Gasteiger partial charge in [-0.25, -0.2) is 30.7 Å². The smallest absolute Gasteiger partial charge is 0.130 e. The van der Waals surface area contributed by atoms with E-state index in [4.69, 9.17) is 33.9 Å². The van der Waals surface area contributed by atoms with Gasteiger partial charge in [0, 0.05) is 27.8 Å². The molecule has 0 aliphatic rings. The molecule has 11 nitrogen and oxygen atoms in total. The normalized spacial score (nSPS) is 10.9. The lowest BCUT2D eigenvalue weighted by Gasteiger charge is -2.09. The van der Waals surface area contributed by atoms with Crippen LogP contribution in [0.3, 0.4) is 0 Å². The van der Waals surface area contributed by atoms with Gasteiger partial charge in [-0.05, 0) is 218 Å². The van der Waals surface area contributed by atoms with Crippen molar-refractivity contribution < 1.29 is 85.1 Å². The highest BCUT2D eigenvalue weighted by Gasteiger charge is 2.11. The van der Waals surface area contributed by atoms with Crippen molar-refractivity contribution >= 4 is 85.1 Å². The summed E-state index contributed by atoms with van der Waals surface area (Å²) in [7, 11) is 8.00. The van der Waals surface area contributed by atoms with Crippen molar-refractivity contribution in [2.45, 2.75) is 53.5 Å². The van der Waals surface area contributed by atoms with Crippen molar-refractivity contribution in [2.24, 2.45) is 0 Å². The van der Waals surface area contributed by atoms with Crippen LogP contribution in [0.2, 0.25) is 0 Å². The molecule has 0 bridgehead atoms. The third-order valence-electron chi connectivity index (χ3n) is 19.5. The molecule has 0 unspecified atom stereocenters. The molecule has 0 atom stereocenters. The van der Waals surface area contributed by atoms with Crippen LogP contribution >= 0.6 is 0 Å². The Bertz CT molecular complexity index is 5970. The van der Waals surface area contributed by atoms with Crippen molar-refractivity contribution in [1.82, 2.24) is 0 Å². The van der Waals surface area contributed by atoms with Gasteiger partial charge in [0.2, 0.25) is 0 Å². The highest BCUT2D eigenvalue weighted by molar-refractivity contribution is 5.77. The Labute approximate surface area is 750 Å². The minimum absolute atomic E-state index is 0.0114. The molecule has 0 aromatic heterocycles. The van der Waals surface area contributed by atoms with Gasteiger partial charge in [0.25, 0.3) is 0 Å². The van der Waals surface area contributed by atoms with Gasteiger partial charge in [-0.3, -0.25) is 0 Å². The van der Waals surface area contributed by atoms with Gasteiger partial charge in [-0.2, -0.15) is 0 Å². The predicted molar refractivity (Wildman–Crippen MR) is 510 cm³/mol. The number of hydrogen-bond donors (Lipinski definition) is 6. The average Bonchev–Trinajstić information content (AvgIpc) is 0.849. The third kappa shape index (κ3) is 33.4. The maximum Gasteiger partial charge on any atom is 0.130 e. The predicted octanol–water partition coefficient (Wildman–Crippen LogP) is 25.6. The lowest BCUT2D eigenvalue weighted by Crippen LogP contribution is -1.94. The fourth-order valence-corrected chi connectivity index (χ4v) is 12.5. The molecule has 662 valence electrons. The molecule has 0 fully saturated rings. The van der Waals surface area contributed by atoms with E-state index >= 15 is 0 Å². The summed E-state index contributed by atoms with van der Waals surface area (Å²) in [5, 5.41) is 55.4. The number of halogens is 7. The number of rotatable bonds is 25. The quantitative estimate of drug-likeness (QED) is 0.0238. The van der Waals surface area contributed by atoms with E-state index in [2.05, 4.69) is 0 Å². The first-order chi connectivity index (χ1) is 62.6. The summed E-state index contributed by atoms with van der Waals surface area (Å²) >= 11 is 0. The van der Waals surface area contributed by atoms with Crippen LogP contribution in [0, 0.1) is 54.6 Å². The van der Waals surface area contributed by atoms with Crippen LogP contribution in [0.5, 0.6) is 28.7 Å². The van der Waals surface area contributed by atoms with Crippen molar-refractivity contribution in [3.8, 4) is 28.7 Å². The minimum atomic E-state index is -0.466. The van der Waals surface area contributed by atoms with Crippen LogP contribution in [0.15, 0.2) is 303 Å². The number of aliphatic hydroxyl groups is 6. The largest absolute Gasteiger partial charge is 0.496 e. The van der Waals surface area contributed by atoms with Gasteiger partial charge >= 0.3 is 0 Å². The molecule has 14 aromatic carbocycles. The van der Waals surface area contributed by atoms with Gasteiger partial charge in [-0.15, -0.1) is 0 Å². The monoisotopic (exact) mass is 1740 g/mol. The Morgan fingerprint density at radius 2 is 0.519 bits per heavy atom. The zero-order valence-electron chi connectivity index (χ0n) is 72.6. The number of aryl methyl sites for hydroxylation is 2. The van der Waals surface area contributed by atoms with Crippen molar-refractivity contribution in [1.29, 1.82) is 0 Å². The number of ether oxygens (including phenoxy) is 5. The summed E-state index contributed by atoms with van der Waals surface area (Å²) in [6.07, 6.45) is 25.7. The van der Waals surface area contributed by atoms with Crippen LogP contribution < -0.4 is 23.7 Å². The third-order valence-corrected chi connectivity index (χ3v) is 19.5. The molecular weight excluding hydrogens is 1640 g/mol. The van der Waals surface area contributed by atoms with E-state index < -0.39 is 11.6 Å². The molecule has 0 aliphatic carbocycles. The standard InChI is InChI=1S/3C16H15FO2.2C16H15FO.C16H16O2.C15H12F2O/c2*1-19-16-7-3-5-13(15(16)11-18)9-8-12-4-2-6-14(17)10-12;1-19-16-4-2-3-13(15(16)11-18)8-5-12-6-9-14(17)10-7-12;1-12-6-7-14(11-16(12)18-2)9-8-13-4-3-5-15(17)10-13;1-12-7-8-13(11-16(12)18-2)9-10-14-5-3-4-6-15(14)17;17-11-14-5-3-4-13(10-14)8-9-15-6-1-2-7-16(15)12-18;16-14-7-8-15(17)13(9-14)6-5-11-1-3-12(10-18)4-2-11/h3*2-10,18H,11H2,1H3;2*3-11H,1-2H3;1-10,17-18H,11-12H2;1-9,18H,10H2/b2*9-8+;8-5+;9-8+;10-9+;9-8+;6-5+. The highest BCUT2D eigenvalue weighted by atomic mass is 19.2. The molecule has 6 N–H and O–H groups in total. The van der Waals surface area contributed by atoms with Gasteiger partial charge in [0.1, 0.15) is 69.5 Å². The molecule has 0 heterocycles. The molecule has 0 spiro atoms. The maximum atomic E-state index is 13.4. The van der Waals surface area contributed by atoms with Crippen LogP contribution in [0.25, 0.3) is 85.1 Å². The summed E-state index contributed by atoms with van der Waals surface area (Å²) in [5.41, 5.74) is 18.5. The second-order valence-electron chi connectivity index (χ2n) is 28.4. The van der Waals surface area contributed by atoms with E-state index in [1.165, 1.54) is 60.7 Å². The molecule has 0 amide bonds. The Balaban J connectivity index is 0.000000186. The second kappa shape index (κ2) is 54.4. The van der Waals surface area contributed by atoms with E-state index in [9.17, 15) is 51.2 Å². The van der Waals surface area contributed by atoms with Crippen LogP contribution in [-0.2, 0) is 39.6 Å². The van der Waals surface area contributed by atoms with E-state index in [1.807, 2.05) is 214 Å². The second-order valence-corrected chi connectivity index (χ2v) is 28.4. The number of benzene rings is 14. The molecule has 18 heteroatoms. The first-order valence-electron chi connectivity index (χ1n) is 40.8. The first-order valence-corrected chi connectivity index (χ1v) is 40.8. The zero-order chi connectivity index (χ0) is 92.7. The van der Waals surface area contributed by atoms with Gasteiger partial charge in [-0.1, -0.05) is 279 Å². The first kappa shape index (κ1) is 99.9. The molecular formula is C111H103F7O11. The van der Waals surface area contributed by atoms with Crippen molar-refractivity contribution in [3.63, 3.8) is 0 Å². The topological polar surface area (TPSA) is 168 Å². The number of aliphatic hydroxyl groups excluding tert-OH is 6. The molecule has 14 rings (SSSR count). The highest BCUT2D eigenvalue weighted by Crippen LogP contribution is 2.30. The number of hydrogen-bond acceptors (Lipinski definition) is 11. The van der Waals surface area contributed by atoms with Gasteiger partial charge in [0.15, 0.2) is 0 Å². The average molecular weight is 1750 g/mol. The number of methoxy groups -OCH3 is 5. The van der Waals surface area contributed by atoms with E-state index in [0.717, 1.165) is 141 Å². The Morgan fingerprint density at radius 3 is 0.922 bits per heavy atom. The van der Waals surface area contributed by atoms with Crippen LogP contribution in [-0.4, -0.2) is 66.2 Å². The SMILES string of the molecule is COc1cc(/C=C/c2cccc(F)c2)ccc1C.COc1cc(/C=C/c2ccccc2F)ccc1C.COc1cccc(/C=C/c2ccc(F)cc2)c1CO.COc1cccc(/C=C/c2cccc(F)c2)c1CO.COc1cccc(/C=C/c2cccc(F)c2)c1CO.OCc1ccc(/C=C/c2cc(F)ccc2F)cc1.OCc1cccc(/C=C/c2ccccc2CO)c1. The summed E-state index contributed by atoms with van der Waals surface area (Å²) in [6.45, 7) is 3.77. The summed E-state index contributed by atoms with van der Waals surface area (Å²) in [6, 6.07) is 86.6. The minimum Gasteiger partial charge on any atom is -0.496 e. The zero-order valence-corrected chi connectivity index (χ0v) is 72.6. The van der Waals surface area contributed by atoms with Gasteiger partial charge in [0.05, 0.1) is 75.2 Å². The fraction of sp³-hybridized carbons (Fsp3) is 0.117. The lowest BCUT2D eigenvalue weighted by molar-refractivity contribution is 0.273. The molecule has 0 saturated heterocycles. The molecule has 129 heavy (non-hydrogen) atoms. The Kier molecular flexibility index (Phi) is 42.2. The van der Waals surface area contributed by atoms with Crippen LogP contribution in [0.4, 0.5) is 30.7 Å². The molecule has 0 saturated carbocycles.